The number of ether oxygens (including phenoxy) is 5. The summed E-state index contributed by atoms with van der Waals surface area (Å²) in [5.41, 5.74) is 0.722. The highest BCUT2D eigenvalue weighted by atomic mass is 16.7. The molecule has 0 saturated carbocycles. The van der Waals surface area contributed by atoms with Gasteiger partial charge in [0.25, 0.3) is 0 Å². The molecule has 1 aromatic rings. The highest BCUT2D eigenvalue weighted by molar-refractivity contribution is 5.93. The second-order valence-corrected chi connectivity index (χ2v) is 6.33. The molecule has 1 unspecified atom stereocenters. The molecule has 0 spiro atoms. The predicted molar refractivity (Wildman–Crippen MR) is 86.5 cm³/mol. The molecule has 0 amide bonds. The van der Waals surface area contributed by atoms with Crippen LogP contribution in [0.3, 0.4) is 0 Å². The molecule has 2 aliphatic heterocycles. The Labute approximate surface area is 146 Å². The van der Waals surface area contributed by atoms with Gasteiger partial charge in [-0.1, -0.05) is 0 Å². The van der Waals surface area contributed by atoms with E-state index in [2.05, 4.69) is 4.74 Å². The number of methoxy groups -OCH3 is 1. The van der Waals surface area contributed by atoms with Gasteiger partial charge in [-0.25, -0.2) is 9.59 Å². The Morgan fingerprint density at radius 2 is 1.48 bits per heavy atom. The van der Waals surface area contributed by atoms with E-state index in [0.29, 0.717) is 17.7 Å². The first-order valence-corrected chi connectivity index (χ1v) is 8.27. The van der Waals surface area contributed by atoms with Crippen LogP contribution in [0.25, 0.3) is 0 Å². The van der Waals surface area contributed by atoms with Crippen LogP contribution in [0.5, 0.6) is 0 Å². The highest BCUT2D eigenvalue weighted by Crippen LogP contribution is 2.31. The molecule has 0 N–H and O–H groups in total. The van der Waals surface area contributed by atoms with Crippen LogP contribution in [0.4, 0.5) is 0 Å². The largest absolute Gasteiger partial charge is 0.465 e. The van der Waals surface area contributed by atoms with Crippen LogP contribution in [0.15, 0.2) is 24.3 Å². The maximum atomic E-state index is 12.3. The molecule has 2 fully saturated rings. The second kappa shape index (κ2) is 7.51. The fraction of sp³-hybridized carbons (Fsp3) is 0.556. The molecule has 25 heavy (non-hydrogen) atoms. The van der Waals surface area contributed by atoms with Crippen LogP contribution in [-0.2, 0) is 23.7 Å². The van der Waals surface area contributed by atoms with Gasteiger partial charge in [-0.2, -0.15) is 0 Å². The van der Waals surface area contributed by atoms with E-state index in [-0.39, 0.29) is 31.0 Å². The minimum absolute atomic E-state index is 0.0749. The molecule has 2 saturated heterocycles. The van der Waals surface area contributed by atoms with Gasteiger partial charge in [-0.15, -0.1) is 0 Å². The SMILES string of the molecule is COC(=O)c1ccc(C(=O)O[C@H]2COC3[C@H](OC(C)C)CO[C@@H]32)cc1. The van der Waals surface area contributed by atoms with Crippen molar-refractivity contribution >= 4 is 11.9 Å². The van der Waals surface area contributed by atoms with Gasteiger partial charge < -0.3 is 23.7 Å². The Kier molecular flexibility index (Phi) is 5.36. The number of fused-ring (bicyclic) bond motifs is 1. The lowest BCUT2D eigenvalue weighted by molar-refractivity contribution is -0.0622. The first kappa shape index (κ1) is 17.8. The fourth-order valence-corrected chi connectivity index (χ4v) is 3.06. The van der Waals surface area contributed by atoms with Gasteiger partial charge >= 0.3 is 11.9 Å². The normalized spacial score (nSPS) is 28.0. The third kappa shape index (κ3) is 3.84. The lowest BCUT2D eigenvalue weighted by Gasteiger charge is -2.19. The van der Waals surface area contributed by atoms with E-state index in [1.54, 1.807) is 0 Å². The molecule has 7 heteroatoms. The molecule has 0 aromatic heterocycles. The summed E-state index contributed by atoms with van der Waals surface area (Å²) < 4.78 is 27.4. The van der Waals surface area contributed by atoms with Gasteiger partial charge in [0.05, 0.1) is 37.6 Å². The average molecular weight is 350 g/mol. The van der Waals surface area contributed by atoms with Crippen molar-refractivity contribution < 1.29 is 33.3 Å². The Hall–Kier alpha value is -1.96. The van der Waals surface area contributed by atoms with E-state index in [0.717, 1.165) is 0 Å². The summed E-state index contributed by atoms with van der Waals surface area (Å²) in [4.78, 5) is 23.7. The minimum Gasteiger partial charge on any atom is -0.465 e. The van der Waals surface area contributed by atoms with Crippen molar-refractivity contribution in [1.82, 2.24) is 0 Å². The van der Waals surface area contributed by atoms with Gasteiger partial charge in [-0.05, 0) is 38.1 Å². The van der Waals surface area contributed by atoms with E-state index in [4.69, 9.17) is 18.9 Å². The summed E-state index contributed by atoms with van der Waals surface area (Å²) in [6.07, 6.45) is -1.08. The summed E-state index contributed by atoms with van der Waals surface area (Å²) in [5.74, 6) is -0.940. The van der Waals surface area contributed by atoms with Gasteiger partial charge in [0.15, 0.2) is 6.10 Å². The Morgan fingerprint density at radius 3 is 2.04 bits per heavy atom. The fourth-order valence-electron chi connectivity index (χ4n) is 3.06. The summed E-state index contributed by atoms with van der Waals surface area (Å²) in [6, 6.07) is 6.11. The first-order valence-electron chi connectivity index (χ1n) is 8.27. The van der Waals surface area contributed by atoms with Crippen molar-refractivity contribution in [3.63, 3.8) is 0 Å². The average Bonchev–Trinajstić information content (AvgIpc) is 3.17. The molecule has 1 aromatic carbocycles. The zero-order valence-corrected chi connectivity index (χ0v) is 14.5. The Bertz CT molecular complexity index is 625. The van der Waals surface area contributed by atoms with Crippen LogP contribution in [-0.4, -0.2) is 62.8 Å². The smallest absolute Gasteiger partial charge is 0.338 e. The van der Waals surface area contributed by atoms with E-state index in [1.807, 2.05) is 13.8 Å². The maximum absolute atomic E-state index is 12.3. The van der Waals surface area contributed by atoms with Crippen molar-refractivity contribution in [2.24, 2.45) is 0 Å². The van der Waals surface area contributed by atoms with Crippen molar-refractivity contribution in [1.29, 1.82) is 0 Å². The molecular weight excluding hydrogens is 328 g/mol. The lowest BCUT2D eigenvalue weighted by Crippen LogP contribution is -2.36. The Morgan fingerprint density at radius 1 is 0.960 bits per heavy atom. The van der Waals surface area contributed by atoms with Crippen LogP contribution in [0.2, 0.25) is 0 Å². The zero-order chi connectivity index (χ0) is 18.0. The van der Waals surface area contributed by atoms with Crippen molar-refractivity contribution in [3.8, 4) is 0 Å². The summed E-state index contributed by atoms with van der Waals surface area (Å²) in [6.45, 7) is 4.62. The van der Waals surface area contributed by atoms with Crippen LogP contribution < -0.4 is 0 Å². The number of esters is 2. The predicted octanol–water partition coefficient (Wildman–Crippen LogP) is 1.59. The van der Waals surface area contributed by atoms with E-state index >= 15 is 0 Å². The Balaban J connectivity index is 1.60. The van der Waals surface area contributed by atoms with Crippen LogP contribution in [0.1, 0.15) is 34.6 Å². The number of rotatable bonds is 5. The third-order valence-electron chi connectivity index (χ3n) is 4.21. The van der Waals surface area contributed by atoms with Crippen LogP contribution in [0, 0.1) is 0 Å². The highest BCUT2D eigenvalue weighted by Gasteiger charge is 2.50. The van der Waals surface area contributed by atoms with Crippen molar-refractivity contribution in [3.05, 3.63) is 35.4 Å². The molecule has 2 aliphatic rings. The zero-order valence-electron chi connectivity index (χ0n) is 14.5. The van der Waals surface area contributed by atoms with Crippen molar-refractivity contribution in [2.45, 2.75) is 44.4 Å². The van der Waals surface area contributed by atoms with E-state index in [1.165, 1.54) is 31.4 Å². The first-order chi connectivity index (χ1) is 12.0. The van der Waals surface area contributed by atoms with Gasteiger partial charge in [0.1, 0.15) is 18.3 Å². The number of benzene rings is 1. The topological polar surface area (TPSA) is 80.3 Å². The maximum Gasteiger partial charge on any atom is 0.338 e. The van der Waals surface area contributed by atoms with Crippen LogP contribution >= 0.6 is 0 Å². The molecule has 2 heterocycles. The summed E-state index contributed by atoms with van der Waals surface area (Å²) in [7, 11) is 1.30. The number of hydrogen-bond donors (Lipinski definition) is 0. The second-order valence-electron chi connectivity index (χ2n) is 6.33. The monoisotopic (exact) mass is 350 g/mol. The summed E-state index contributed by atoms with van der Waals surface area (Å²) in [5, 5.41) is 0. The molecule has 7 nitrogen and oxygen atoms in total. The number of carbonyl (C=O) groups excluding carboxylic acids is 2. The minimum atomic E-state index is -0.484. The van der Waals surface area contributed by atoms with Gasteiger partial charge in [0, 0.05) is 0 Å². The molecule has 0 aliphatic carbocycles. The number of carbonyl (C=O) groups is 2. The van der Waals surface area contributed by atoms with Gasteiger partial charge in [0.2, 0.25) is 0 Å². The molecule has 4 atom stereocenters. The van der Waals surface area contributed by atoms with E-state index < -0.39 is 18.0 Å². The van der Waals surface area contributed by atoms with Gasteiger partial charge in [-0.3, -0.25) is 0 Å². The molecule has 0 bridgehead atoms. The van der Waals surface area contributed by atoms with E-state index in [9.17, 15) is 9.59 Å². The molecular formula is C18H22O7. The quantitative estimate of drug-likeness (QED) is 0.746. The summed E-state index contributed by atoms with van der Waals surface area (Å²) >= 11 is 0. The van der Waals surface area contributed by atoms with Crippen molar-refractivity contribution in [2.75, 3.05) is 20.3 Å². The lowest BCUT2D eigenvalue weighted by atomic mass is 10.1. The molecule has 0 radical (unpaired) electrons. The third-order valence-corrected chi connectivity index (χ3v) is 4.21. The standard InChI is InChI=1S/C18H22O7/c1-10(2)24-13-8-22-16-14(9-23-15(13)16)25-18(20)12-6-4-11(5-7-12)17(19)21-3/h4-7,10,13-16H,8-9H2,1-3H3/t13-,14+,15?,16-/m1/s1. The number of hydrogen-bond acceptors (Lipinski definition) is 7. The molecule has 3 rings (SSSR count). The molecule has 136 valence electrons.